The Kier molecular flexibility index (Phi) is 36.9. The van der Waals surface area contributed by atoms with E-state index in [0.717, 1.165) is 44.9 Å². The average molecular weight is 816 g/mol. The van der Waals surface area contributed by atoms with Crippen molar-refractivity contribution in [3.8, 4) is 0 Å². The third-order valence-electron chi connectivity index (χ3n) is 9.08. The number of esters is 2. The Bertz CT molecular complexity index is 1110. The van der Waals surface area contributed by atoms with E-state index < -0.39 is 50.8 Å². The van der Waals surface area contributed by atoms with E-state index in [-0.39, 0.29) is 45.4 Å². The Hall–Kier alpha value is -2.15. The number of unbranched alkanes of at least 4 members (excludes halogenated alkanes) is 16. The van der Waals surface area contributed by atoms with E-state index in [4.69, 9.17) is 24.3 Å². The molecule has 13 heteroatoms. The van der Waals surface area contributed by atoms with Crippen LogP contribution in [0.5, 0.6) is 0 Å². The number of rotatable bonds is 39. The molecule has 0 aromatic carbocycles. The average Bonchev–Trinajstić information content (AvgIpc) is 3.17. The predicted octanol–water partition coefficient (Wildman–Crippen LogP) is 8.85. The van der Waals surface area contributed by atoms with Gasteiger partial charge in [0.25, 0.3) is 0 Å². The molecule has 0 heterocycles. The molecule has 0 aliphatic rings. The van der Waals surface area contributed by atoms with Crippen molar-refractivity contribution in [2.24, 2.45) is 5.73 Å². The van der Waals surface area contributed by atoms with Crippen LogP contribution in [0.2, 0.25) is 0 Å². The van der Waals surface area contributed by atoms with Gasteiger partial charge in [-0.3, -0.25) is 18.6 Å². The SMILES string of the molecule is CCCCCCCCCCCCCCCCCC(=O)OC[C@H](COP(=O)(O)OCCN)OC(=O)CCC[C@H](O)[C@@H](O)/C=C/C=C/C=C\C=C\[C@@H](O)CCCCC. The highest BCUT2D eigenvalue weighted by atomic mass is 31.2. The van der Waals surface area contributed by atoms with Gasteiger partial charge in [0.05, 0.1) is 31.5 Å². The number of aliphatic hydroxyl groups is 3. The van der Waals surface area contributed by atoms with Gasteiger partial charge in [-0.15, -0.1) is 0 Å². The molecule has 0 aliphatic heterocycles. The van der Waals surface area contributed by atoms with E-state index in [2.05, 4.69) is 13.8 Å². The Labute approximate surface area is 338 Å². The van der Waals surface area contributed by atoms with E-state index in [1.54, 1.807) is 42.5 Å². The molecule has 0 rings (SSSR count). The van der Waals surface area contributed by atoms with Crippen molar-refractivity contribution in [1.82, 2.24) is 0 Å². The monoisotopic (exact) mass is 816 g/mol. The molecule has 0 bridgehead atoms. The number of hydrogen-bond donors (Lipinski definition) is 5. The summed E-state index contributed by atoms with van der Waals surface area (Å²) in [5.41, 5.74) is 5.32. The van der Waals surface area contributed by atoms with Crippen LogP contribution in [-0.2, 0) is 32.7 Å². The summed E-state index contributed by atoms with van der Waals surface area (Å²) in [6.45, 7) is 3.22. The number of ether oxygens (including phenoxy) is 2. The molecule has 12 nitrogen and oxygen atoms in total. The molecule has 6 N–H and O–H groups in total. The minimum atomic E-state index is -4.47. The number of aliphatic hydroxyl groups excluding tert-OH is 3. The fraction of sp³-hybridized carbons (Fsp3) is 0.767. The third kappa shape index (κ3) is 36.2. The number of nitrogens with two attached hydrogens (primary N) is 1. The van der Waals surface area contributed by atoms with Crippen molar-refractivity contribution < 1.29 is 52.9 Å². The van der Waals surface area contributed by atoms with Gasteiger partial charge in [0.2, 0.25) is 0 Å². The second kappa shape index (κ2) is 38.4. The van der Waals surface area contributed by atoms with Crippen molar-refractivity contribution in [3.05, 3.63) is 48.6 Å². The van der Waals surface area contributed by atoms with Crippen LogP contribution in [-0.4, -0.2) is 82.9 Å². The zero-order chi connectivity index (χ0) is 41.5. The molecule has 0 aliphatic carbocycles. The summed E-state index contributed by atoms with van der Waals surface area (Å²) in [6, 6.07) is 0. The molecule has 1 unspecified atom stereocenters. The van der Waals surface area contributed by atoms with Crippen LogP contribution in [0.3, 0.4) is 0 Å². The summed E-state index contributed by atoms with van der Waals surface area (Å²) in [6.07, 6.45) is 32.2. The summed E-state index contributed by atoms with van der Waals surface area (Å²) in [7, 11) is -4.47. The lowest BCUT2D eigenvalue weighted by Crippen LogP contribution is -2.30. The van der Waals surface area contributed by atoms with Gasteiger partial charge in [-0.05, 0) is 25.7 Å². The van der Waals surface area contributed by atoms with E-state index in [1.807, 2.05) is 0 Å². The normalized spacial score (nSPS) is 15.5. The topological polar surface area (TPSA) is 195 Å². The Balaban J connectivity index is 4.50. The molecule has 0 aromatic heterocycles. The lowest BCUT2D eigenvalue weighted by molar-refractivity contribution is -0.161. The van der Waals surface area contributed by atoms with Crippen LogP contribution >= 0.6 is 7.82 Å². The fourth-order valence-electron chi connectivity index (χ4n) is 5.72. The van der Waals surface area contributed by atoms with Crippen molar-refractivity contribution in [1.29, 1.82) is 0 Å². The number of carbonyl (C=O) groups is 2. The second-order valence-corrected chi connectivity index (χ2v) is 15.9. The quantitative estimate of drug-likeness (QED) is 0.0171. The van der Waals surface area contributed by atoms with Crippen LogP contribution in [0, 0.1) is 0 Å². The Morgan fingerprint density at radius 1 is 0.607 bits per heavy atom. The molecule has 0 fully saturated rings. The first kappa shape index (κ1) is 53.9. The number of carbonyl (C=O) groups excluding carboxylic acids is 2. The maximum Gasteiger partial charge on any atom is 0.472 e. The van der Waals surface area contributed by atoms with Gasteiger partial charge in [-0.25, -0.2) is 4.57 Å². The molecule has 0 radical (unpaired) electrons. The largest absolute Gasteiger partial charge is 0.472 e. The molecule has 0 amide bonds. The molecule has 0 spiro atoms. The number of hydrogen-bond acceptors (Lipinski definition) is 11. The van der Waals surface area contributed by atoms with Crippen molar-refractivity contribution in [2.75, 3.05) is 26.4 Å². The molecule has 56 heavy (non-hydrogen) atoms. The van der Waals surface area contributed by atoms with Gasteiger partial charge >= 0.3 is 19.8 Å². The minimum absolute atomic E-state index is 0.00273. The van der Waals surface area contributed by atoms with Gasteiger partial charge in [0, 0.05) is 19.4 Å². The second-order valence-electron chi connectivity index (χ2n) is 14.4. The molecular formula is C43H78NO11P. The fourth-order valence-corrected chi connectivity index (χ4v) is 6.49. The van der Waals surface area contributed by atoms with E-state index in [9.17, 15) is 34.4 Å². The van der Waals surface area contributed by atoms with Gasteiger partial charge in [-0.1, -0.05) is 172 Å². The summed E-state index contributed by atoms with van der Waals surface area (Å²) in [5, 5.41) is 30.5. The summed E-state index contributed by atoms with van der Waals surface area (Å²) in [4.78, 5) is 34.9. The van der Waals surface area contributed by atoms with E-state index in [1.165, 1.54) is 76.7 Å². The highest BCUT2D eigenvalue weighted by molar-refractivity contribution is 7.47. The van der Waals surface area contributed by atoms with Crippen molar-refractivity contribution >= 4 is 19.8 Å². The Morgan fingerprint density at radius 2 is 1.11 bits per heavy atom. The number of allylic oxidation sites excluding steroid dienone is 6. The minimum Gasteiger partial charge on any atom is -0.462 e. The van der Waals surface area contributed by atoms with Crippen LogP contribution < -0.4 is 5.73 Å². The lowest BCUT2D eigenvalue weighted by atomic mass is 10.0. The molecule has 0 aromatic rings. The lowest BCUT2D eigenvalue weighted by Gasteiger charge is -2.20. The first-order valence-corrected chi connectivity index (χ1v) is 22.9. The maximum atomic E-state index is 12.6. The zero-order valence-electron chi connectivity index (χ0n) is 34.7. The van der Waals surface area contributed by atoms with Gasteiger partial charge in [0.1, 0.15) is 6.61 Å². The van der Waals surface area contributed by atoms with Crippen LogP contribution in [0.1, 0.15) is 162 Å². The molecule has 326 valence electrons. The maximum absolute atomic E-state index is 12.6. The van der Waals surface area contributed by atoms with Crippen LogP contribution in [0.15, 0.2) is 48.6 Å². The predicted molar refractivity (Wildman–Crippen MR) is 224 cm³/mol. The molecular weight excluding hydrogens is 737 g/mol. The van der Waals surface area contributed by atoms with Gasteiger partial charge in [0.15, 0.2) is 6.10 Å². The van der Waals surface area contributed by atoms with Crippen molar-refractivity contribution in [3.63, 3.8) is 0 Å². The highest BCUT2D eigenvalue weighted by Crippen LogP contribution is 2.43. The molecule has 5 atom stereocenters. The van der Waals surface area contributed by atoms with Crippen LogP contribution in [0.25, 0.3) is 0 Å². The number of phosphoric ester groups is 1. The molecule has 0 saturated heterocycles. The molecule has 0 saturated carbocycles. The van der Waals surface area contributed by atoms with Crippen molar-refractivity contribution in [2.45, 2.75) is 186 Å². The highest BCUT2D eigenvalue weighted by Gasteiger charge is 2.26. The zero-order valence-corrected chi connectivity index (χ0v) is 35.6. The smallest absolute Gasteiger partial charge is 0.462 e. The van der Waals surface area contributed by atoms with Gasteiger partial charge in [-0.2, -0.15) is 0 Å². The summed E-state index contributed by atoms with van der Waals surface area (Å²) < 4.78 is 32.5. The first-order chi connectivity index (χ1) is 27.0. The van der Waals surface area contributed by atoms with E-state index >= 15 is 0 Å². The summed E-state index contributed by atoms with van der Waals surface area (Å²) >= 11 is 0. The van der Waals surface area contributed by atoms with E-state index in [0.29, 0.717) is 6.42 Å². The number of phosphoric acid groups is 1. The van der Waals surface area contributed by atoms with Gasteiger partial charge < -0.3 is 35.4 Å². The third-order valence-corrected chi connectivity index (χ3v) is 10.1. The standard InChI is InChI=1S/C43H78NO11P/c1-3-5-7-8-9-10-11-12-13-14-15-16-17-22-26-32-42(48)52-36-39(37-54-56(50,51)53-35-34-44)55-43(49)33-27-31-41(47)40(46)30-25-21-19-18-20-24-29-38(45)28-23-6-4-2/h18-21,24-25,29-30,38-41,45-47H,3-17,22-23,26-28,31-37,44H2,1-2H3,(H,50,51)/b20-18-,21-19+,29-24+,30-25+/t38-,39+,40-,41-/m0/s1. The first-order valence-electron chi connectivity index (χ1n) is 21.4. The Morgan fingerprint density at radius 3 is 1.68 bits per heavy atom. The van der Waals surface area contributed by atoms with Crippen LogP contribution in [0.4, 0.5) is 0 Å². The summed E-state index contributed by atoms with van der Waals surface area (Å²) in [5.74, 6) is -1.16.